The fraction of sp³-hybridized carbons (Fsp3) is 0.333. The van der Waals surface area contributed by atoms with Gasteiger partial charge in [-0.25, -0.2) is 0 Å². The van der Waals surface area contributed by atoms with E-state index in [0.717, 1.165) is 11.3 Å². The lowest BCUT2D eigenvalue weighted by Gasteiger charge is -2.16. The summed E-state index contributed by atoms with van der Waals surface area (Å²) >= 11 is 0. The minimum atomic E-state index is -0.615. The Kier molecular flexibility index (Phi) is 5.96. The van der Waals surface area contributed by atoms with Gasteiger partial charge in [0.25, 0.3) is 0 Å². The van der Waals surface area contributed by atoms with Crippen LogP contribution >= 0.6 is 0 Å². The monoisotopic (exact) mass is 368 g/mol. The largest absolute Gasteiger partial charge is 0.493 e. The number of amides is 2. The Morgan fingerprint density at radius 1 is 1.11 bits per heavy atom. The number of nitrogens with zero attached hydrogens (tertiary/aromatic N) is 1. The number of carbonyl (C=O) groups is 2. The van der Waals surface area contributed by atoms with Gasteiger partial charge in [-0.05, 0) is 42.7 Å². The number of methoxy groups -OCH3 is 2. The van der Waals surface area contributed by atoms with E-state index in [1.807, 2.05) is 48.5 Å². The Balaban J connectivity index is 1.53. The maximum Gasteiger partial charge on any atom is 0.239 e. The van der Waals surface area contributed by atoms with Crippen LogP contribution in [0, 0.1) is 5.92 Å². The molecule has 1 aliphatic heterocycles. The third-order valence-electron chi connectivity index (χ3n) is 4.75. The summed E-state index contributed by atoms with van der Waals surface area (Å²) in [5, 5.41) is 2.88. The van der Waals surface area contributed by atoms with Crippen molar-refractivity contribution in [1.29, 1.82) is 0 Å². The van der Waals surface area contributed by atoms with Gasteiger partial charge in [0.05, 0.1) is 14.2 Å². The van der Waals surface area contributed by atoms with Crippen LogP contribution in [-0.2, 0) is 16.0 Å². The number of ether oxygens (including phenoxy) is 2. The average molecular weight is 368 g/mol. The van der Waals surface area contributed by atoms with Crippen LogP contribution in [0.1, 0.15) is 12.0 Å². The zero-order valence-corrected chi connectivity index (χ0v) is 15.6. The van der Waals surface area contributed by atoms with Gasteiger partial charge in [0, 0.05) is 18.8 Å². The first-order valence-electron chi connectivity index (χ1n) is 8.99. The van der Waals surface area contributed by atoms with E-state index in [-0.39, 0.29) is 11.8 Å². The van der Waals surface area contributed by atoms with Gasteiger partial charge in [-0.15, -0.1) is 0 Å². The van der Waals surface area contributed by atoms with Gasteiger partial charge in [-0.2, -0.15) is 0 Å². The van der Waals surface area contributed by atoms with Crippen LogP contribution in [0.3, 0.4) is 0 Å². The first-order chi connectivity index (χ1) is 13.1. The maximum atomic E-state index is 12.6. The third-order valence-corrected chi connectivity index (χ3v) is 4.75. The fourth-order valence-electron chi connectivity index (χ4n) is 3.28. The minimum absolute atomic E-state index is 0.134. The lowest BCUT2D eigenvalue weighted by molar-refractivity contribution is -0.132. The van der Waals surface area contributed by atoms with Crippen LogP contribution in [0.25, 0.3) is 0 Å². The highest BCUT2D eigenvalue weighted by atomic mass is 16.5. The van der Waals surface area contributed by atoms with Crippen molar-refractivity contribution >= 4 is 17.5 Å². The summed E-state index contributed by atoms with van der Waals surface area (Å²) in [6.07, 6.45) is 1.19. The molecule has 1 aliphatic rings. The number of hydrogen-bond acceptors (Lipinski definition) is 4. The van der Waals surface area contributed by atoms with E-state index >= 15 is 0 Å². The number of benzene rings is 2. The topological polar surface area (TPSA) is 67.9 Å². The van der Waals surface area contributed by atoms with Crippen molar-refractivity contribution < 1.29 is 19.1 Å². The molecular weight excluding hydrogens is 344 g/mol. The first kappa shape index (κ1) is 18.8. The fourth-order valence-corrected chi connectivity index (χ4v) is 3.28. The Morgan fingerprint density at radius 3 is 2.56 bits per heavy atom. The summed E-state index contributed by atoms with van der Waals surface area (Å²) in [6, 6.07) is 15.1. The van der Waals surface area contributed by atoms with Crippen molar-refractivity contribution in [2.45, 2.75) is 12.8 Å². The van der Waals surface area contributed by atoms with Crippen molar-refractivity contribution in [3.05, 3.63) is 54.1 Å². The highest BCUT2D eigenvalue weighted by Crippen LogP contribution is 2.28. The molecule has 1 saturated heterocycles. The molecule has 0 spiro atoms. The van der Waals surface area contributed by atoms with Crippen molar-refractivity contribution in [3.8, 4) is 11.5 Å². The molecule has 0 radical (unpaired) electrons. The molecule has 0 saturated carbocycles. The Labute approximate surface area is 159 Å². The van der Waals surface area contributed by atoms with Crippen molar-refractivity contribution in [3.63, 3.8) is 0 Å². The second kappa shape index (κ2) is 8.58. The summed E-state index contributed by atoms with van der Waals surface area (Å²) in [5.74, 6) is 0.368. The average Bonchev–Trinajstić information content (AvgIpc) is 3.09. The number of para-hydroxylation sites is 1. The Hall–Kier alpha value is -3.02. The maximum absolute atomic E-state index is 12.6. The highest BCUT2D eigenvalue weighted by molar-refractivity contribution is 6.09. The number of hydrogen-bond donors (Lipinski definition) is 1. The number of carbonyl (C=O) groups excluding carboxylic acids is 2. The summed E-state index contributed by atoms with van der Waals surface area (Å²) in [7, 11) is 3.18. The van der Waals surface area contributed by atoms with E-state index in [9.17, 15) is 9.59 Å². The van der Waals surface area contributed by atoms with E-state index in [2.05, 4.69) is 5.32 Å². The predicted octanol–water partition coefficient (Wildman–Crippen LogP) is 2.42. The summed E-state index contributed by atoms with van der Waals surface area (Å²) in [6.45, 7) is 1.03. The lowest BCUT2D eigenvalue weighted by Crippen LogP contribution is -2.37. The van der Waals surface area contributed by atoms with Gasteiger partial charge in [-0.3, -0.25) is 9.59 Å². The normalized spacial score (nSPS) is 16.3. The lowest BCUT2D eigenvalue weighted by atomic mass is 10.1. The number of anilines is 1. The quantitative estimate of drug-likeness (QED) is 0.762. The van der Waals surface area contributed by atoms with Gasteiger partial charge in [0.15, 0.2) is 11.5 Å². The van der Waals surface area contributed by atoms with Crippen LogP contribution in [0.15, 0.2) is 48.5 Å². The molecule has 1 atom stereocenters. The molecule has 6 heteroatoms. The first-order valence-corrected chi connectivity index (χ1v) is 8.99. The second-order valence-electron chi connectivity index (χ2n) is 6.40. The van der Waals surface area contributed by atoms with Gasteiger partial charge in [-0.1, -0.05) is 24.3 Å². The minimum Gasteiger partial charge on any atom is -0.493 e. The zero-order chi connectivity index (χ0) is 19.2. The molecule has 1 N–H and O–H groups in total. The molecule has 2 aromatic carbocycles. The summed E-state index contributed by atoms with van der Waals surface area (Å²) < 4.78 is 10.5. The van der Waals surface area contributed by atoms with Gasteiger partial charge in [0.2, 0.25) is 11.8 Å². The van der Waals surface area contributed by atoms with Crippen molar-refractivity contribution in [2.75, 3.05) is 32.2 Å². The molecule has 2 amide bonds. The van der Waals surface area contributed by atoms with Crippen molar-refractivity contribution in [1.82, 2.24) is 5.32 Å². The third kappa shape index (κ3) is 4.22. The predicted molar refractivity (Wildman–Crippen MR) is 103 cm³/mol. The zero-order valence-electron chi connectivity index (χ0n) is 15.6. The van der Waals surface area contributed by atoms with E-state index in [4.69, 9.17) is 9.47 Å². The molecular formula is C21H24N2O4. The molecule has 142 valence electrons. The van der Waals surface area contributed by atoms with E-state index in [1.54, 1.807) is 19.1 Å². The summed E-state index contributed by atoms with van der Waals surface area (Å²) in [5.41, 5.74) is 1.86. The van der Waals surface area contributed by atoms with Gasteiger partial charge >= 0.3 is 0 Å². The Morgan fingerprint density at radius 2 is 1.85 bits per heavy atom. The van der Waals surface area contributed by atoms with Crippen LogP contribution < -0.4 is 19.7 Å². The Bertz CT molecular complexity index is 807. The smallest absolute Gasteiger partial charge is 0.239 e. The molecule has 0 unspecified atom stereocenters. The molecule has 2 aromatic rings. The molecule has 1 fully saturated rings. The van der Waals surface area contributed by atoms with E-state index < -0.39 is 5.92 Å². The van der Waals surface area contributed by atoms with Crippen LogP contribution in [0.2, 0.25) is 0 Å². The molecule has 0 aromatic heterocycles. The van der Waals surface area contributed by atoms with Crippen LogP contribution in [0.4, 0.5) is 5.69 Å². The standard InChI is InChI=1S/C21H24N2O4/c1-26-18-9-8-15(14-19(18)27-2)10-12-22-20(24)17-11-13-23(21(17)25)16-6-4-3-5-7-16/h3-9,14,17H,10-13H2,1-2H3,(H,22,24)/t17-/m0/s1. The molecule has 1 heterocycles. The second-order valence-corrected chi connectivity index (χ2v) is 6.40. The van der Waals surface area contributed by atoms with Crippen molar-refractivity contribution in [2.24, 2.45) is 5.92 Å². The van der Waals surface area contributed by atoms with E-state index in [0.29, 0.717) is 37.4 Å². The SMILES string of the molecule is COc1ccc(CCNC(=O)[C@@H]2CCN(c3ccccc3)C2=O)cc1OC. The molecule has 0 aliphatic carbocycles. The molecule has 27 heavy (non-hydrogen) atoms. The van der Waals surface area contributed by atoms with Gasteiger partial charge < -0.3 is 19.7 Å². The molecule has 6 nitrogen and oxygen atoms in total. The number of nitrogens with one attached hydrogen (secondary N) is 1. The van der Waals surface area contributed by atoms with E-state index in [1.165, 1.54) is 0 Å². The number of rotatable bonds is 7. The molecule has 0 bridgehead atoms. The van der Waals surface area contributed by atoms with Crippen LogP contribution in [-0.4, -0.2) is 39.1 Å². The summed E-state index contributed by atoms with van der Waals surface area (Å²) in [4.78, 5) is 26.7. The van der Waals surface area contributed by atoms with Crippen LogP contribution in [0.5, 0.6) is 11.5 Å². The van der Waals surface area contributed by atoms with Gasteiger partial charge in [0.1, 0.15) is 5.92 Å². The highest BCUT2D eigenvalue weighted by Gasteiger charge is 2.37. The molecule has 3 rings (SSSR count).